The van der Waals surface area contributed by atoms with Crippen LogP contribution in [0.25, 0.3) is 0 Å². The molecule has 0 saturated heterocycles. The molecule has 4 nitrogen and oxygen atoms in total. The highest BCUT2D eigenvalue weighted by Crippen LogP contribution is 1.79. The van der Waals surface area contributed by atoms with Crippen LogP contribution in [0.4, 0.5) is 0 Å². The first-order valence-corrected chi connectivity index (χ1v) is 3.10. The Morgan fingerprint density at radius 3 is 1.20 bits per heavy atom. The van der Waals surface area contributed by atoms with Gasteiger partial charge in [-0.2, -0.15) is 0 Å². The van der Waals surface area contributed by atoms with Gasteiger partial charge >= 0.3 is 0 Å². The lowest BCUT2D eigenvalue weighted by Gasteiger charge is -1.88. The van der Waals surface area contributed by atoms with E-state index >= 15 is 0 Å². The fourth-order valence-corrected chi connectivity index (χ4v) is 0.145. The molecule has 0 radical (unpaired) electrons. The fraction of sp³-hybridized carbons (Fsp3) is 0.667. The van der Waals surface area contributed by atoms with Crippen molar-refractivity contribution in [2.75, 3.05) is 0 Å². The van der Waals surface area contributed by atoms with Crippen molar-refractivity contribution in [3.8, 4) is 0 Å². The molecular formula is C6H14N2O2. The van der Waals surface area contributed by atoms with Crippen LogP contribution in [0.2, 0.25) is 0 Å². The smallest absolute Gasteiger partial charge is 0.101 e. The summed E-state index contributed by atoms with van der Waals surface area (Å²) in [5.41, 5.74) is 0.625. The van der Waals surface area contributed by atoms with Gasteiger partial charge in [-0.1, -0.05) is 24.2 Å². The van der Waals surface area contributed by atoms with E-state index < -0.39 is 0 Å². The van der Waals surface area contributed by atoms with Gasteiger partial charge in [0.1, 0.15) is 11.4 Å². The molecule has 0 aromatic heterocycles. The molecule has 0 aromatic carbocycles. The molecule has 2 N–H and O–H groups in total. The van der Waals surface area contributed by atoms with Crippen LogP contribution < -0.4 is 0 Å². The van der Waals surface area contributed by atoms with Crippen molar-refractivity contribution in [1.82, 2.24) is 0 Å². The van der Waals surface area contributed by atoms with Crippen molar-refractivity contribution in [1.29, 1.82) is 0 Å². The minimum Gasteiger partial charge on any atom is -0.411 e. The molecule has 0 bridgehead atoms. The molecule has 0 aliphatic carbocycles. The third kappa shape index (κ3) is 5.08. The van der Waals surface area contributed by atoms with E-state index in [1.807, 2.05) is 13.8 Å². The highest BCUT2D eigenvalue weighted by molar-refractivity contribution is 6.40. The molecule has 0 atom stereocenters. The molecule has 0 amide bonds. The summed E-state index contributed by atoms with van der Waals surface area (Å²) in [5.74, 6) is 0. The van der Waals surface area contributed by atoms with E-state index in [2.05, 4.69) is 10.3 Å². The van der Waals surface area contributed by atoms with Gasteiger partial charge in [0.25, 0.3) is 0 Å². The van der Waals surface area contributed by atoms with E-state index in [4.69, 9.17) is 10.4 Å². The first-order valence-electron chi connectivity index (χ1n) is 3.10. The Kier molecular flexibility index (Phi) is 9.29. The second-order valence-corrected chi connectivity index (χ2v) is 1.37. The first kappa shape index (κ1) is 11.7. The lowest BCUT2D eigenvalue weighted by Crippen LogP contribution is -2.04. The summed E-state index contributed by atoms with van der Waals surface area (Å²) in [6.07, 6.45) is 0. The number of hydrogen-bond donors (Lipinski definition) is 2. The molecule has 0 saturated carbocycles. The molecule has 0 aromatic rings. The summed E-state index contributed by atoms with van der Waals surface area (Å²) < 4.78 is 0. The van der Waals surface area contributed by atoms with Crippen LogP contribution in [0.1, 0.15) is 27.7 Å². The van der Waals surface area contributed by atoms with Gasteiger partial charge < -0.3 is 10.4 Å². The van der Waals surface area contributed by atoms with Crippen LogP contribution in [-0.4, -0.2) is 21.8 Å². The van der Waals surface area contributed by atoms with Crippen molar-refractivity contribution >= 4 is 11.4 Å². The molecule has 0 aliphatic heterocycles. The average Bonchev–Trinajstić information content (AvgIpc) is 2.05. The van der Waals surface area contributed by atoms with Gasteiger partial charge in [-0.05, 0) is 13.8 Å². The van der Waals surface area contributed by atoms with Gasteiger partial charge in [-0.25, -0.2) is 0 Å². The maximum atomic E-state index is 8.03. The topological polar surface area (TPSA) is 65.2 Å². The molecule has 4 heteroatoms. The molecule has 0 unspecified atom stereocenters. The van der Waals surface area contributed by atoms with Crippen LogP contribution in [0.5, 0.6) is 0 Å². The van der Waals surface area contributed by atoms with Gasteiger partial charge in [-0.15, -0.1) is 0 Å². The van der Waals surface area contributed by atoms with Crippen molar-refractivity contribution < 1.29 is 10.4 Å². The fourth-order valence-electron chi connectivity index (χ4n) is 0.145. The number of hydrogen-bond acceptors (Lipinski definition) is 4. The van der Waals surface area contributed by atoms with Crippen LogP contribution >= 0.6 is 0 Å². The van der Waals surface area contributed by atoms with Gasteiger partial charge in [0, 0.05) is 0 Å². The van der Waals surface area contributed by atoms with Crippen molar-refractivity contribution in [3.05, 3.63) is 0 Å². The third-order valence-corrected chi connectivity index (χ3v) is 0.824. The summed E-state index contributed by atoms with van der Waals surface area (Å²) in [5, 5.41) is 21.6. The standard InChI is InChI=1S/C4H8N2O2.C2H6/c1-3(5-7)4(2)6-8;1-2/h7-8H,1-2H3;1-2H3/b5-3-,6-4-;. The van der Waals surface area contributed by atoms with Crippen molar-refractivity contribution in [2.45, 2.75) is 27.7 Å². The van der Waals surface area contributed by atoms with E-state index in [1.54, 1.807) is 0 Å². The molecule has 0 rings (SSSR count). The monoisotopic (exact) mass is 146 g/mol. The van der Waals surface area contributed by atoms with Crippen LogP contribution in [0, 0.1) is 0 Å². The van der Waals surface area contributed by atoms with Gasteiger partial charge in [0.15, 0.2) is 0 Å². The predicted molar refractivity (Wildman–Crippen MR) is 41.1 cm³/mol. The van der Waals surface area contributed by atoms with Crippen LogP contribution in [0.15, 0.2) is 10.3 Å². The number of rotatable bonds is 1. The Morgan fingerprint density at radius 2 is 1.10 bits per heavy atom. The SMILES string of the molecule is CC.CC(=N/O)/C(C)=N\O. The van der Waals surface area contributed by atoms with E-state index in [0.29, 0.717) is 11.4 Å². The summed E-state index contributed by atoms with van der Waals surface area (Å²) in [7, 11) is 0. The van der Waals surface area contributed by atoms with Gasteiger partial charge in [0.05, 0.1) is 0 Å². The Labute approximate surface area is 60.9 Å². The van der Waals surface area contributed by atoms with E-state index in [9.17, 15) is 0 Å². The summed E-state index contributed by atoms with van der Waals surface area (Å²) in [6.45, 7) is 7.07. The summed E-state index contributed by atoms with van der Waals surface area (Å²) >= 11 is 0. The summed E-state index contributed by atoms with van der Waals surface area (Å²) in [6, 6.07) is 0. The molecule has 0 spiro atoms. The Morgan fingerprint density at radius 1 is 0.900 bits per heavy atom. The lowest BCUT2D eigenvalue weighted by atomic mass is 10.3. The quantitative estimate of drug-likeness (QED) is 0.336. The lowest BCUT2D eigenvalue weighted by molar-refractivity contribution is 0.313. The van der Waals surface area contributed by atoms with E-state index in [1.165, 1.54) is 13.8 Å². The van der Waals surface area contributed by atoms with Crippen LogP contribution in [0.3, 0.4) is 0 Å². The van der Waals surface area contributed by atoms with Crippen molar-refractivity contribution in [3.63, 3.8) is 0 Å². The first-order chi connectivity index (χ1) is 4.72. The van der Waals surface area contributed by atoms with Crippen LogP contribution in [-0.2, 0) is 0 Å². The highest BCUT2D eigenvalue weighted by atomic mass is 16.4. The Bertz CT molecular complexity index is 114. The molecule has 0 aliphatic rings. The second kappa shape index (κ2) is 7.94. The summed E-state index contributed by atoms with van der Waals surface area (Å²) in [4.78, 5) is 0. The van der Waals surface area contributed by atoms with Gasteiger partial charge in [0.2, 0.25) is 0 Å². The molecule has 0 fully saturated rings. The number of nitrogens with zero attached hydrogens (tertiary/aromatic N) is 2. The maximum absolute atomic E-state index is 8.03. The second-order valence-electron chi connectivity index (χ2n) is 1.37. The largest absolute Gasteiger partial charge is 0.411 e. The Balaban J connectivity index is 0. The molecule has 0 heterocycles. The normalized spacial score (nSPS) is 12.0. The zero-order chi connectivity index (χ0) is 8.57. The van der Waals surface area contributed by atoms with Gasteiger partial charge in [-0.3, -0.25) is 0 Å². The predicted octanol–water partition coefficient (Wildman–Crippen LogP) is 1.71. The van der Waals surface area contributed by atoms with Crippen molar-refractivity contribution in [2.24, 2.45) is 10.3 Å². The minimum absolute atomic E-state index is 0.313. The maximum Gasteiger partial charge on any atom is 0.101 e. The molecule has 10 heavy (non-hydrogen) atoms. The third-order valence-electron chi connectivity index (χ3n) is 0.824. The average molecular weight is 146 g/mol. The minimum atomic E-state index is 0.313. The molecule has 60 valence electrons. The highest BCUT2D eigenvalue weighted by Gasteiger charge is 1.93. The number of oxime groups is 2. The zero-order valence-electron chi connectivity index (χ0n) is 6.79. The molecular weight excluding hydrogens is 132 g/mol. The zero-order valence-corrected chi connectivity index (χ0v) is 6.79. The van der Waals surface area contributed by atoms with E-state index in [-0.39, 0.29) is 0 Å². The Hall–Kier alpha value is -1.06. The van der Waals surface area contributed by atoms with E-state index in [0.717, 1.165) is 0 Å².